The van der Waals surface area contributed by atoms with Gasteiger partial charge in [-0.05, 0) is 58.0 Å². The molecule has 0 unspecified atom stereocenters. The maximum atomic E-state index is 13.0. The Balaban J connectivity index is 4.01. The Morgan fingerprint density at radius 1 is 0.431 bits per heavy atom. The zero-order valence-corrected chi connectivity index (χ0v) is 34.9. The van der Waals surface area contributed by atoms with E-state index in [1.165, 1.54) is 148 Å². The second-order valence-corrected chi connectivity index (χ2v) is 15.4. The number of ether oxygens (including phenoxy) is 3. The van der Waals surface area contributed by atoms with Gasteiger partial charge in [-0.3, -0.25) is 9.59 Å². The summed E-state index contributed by atoms with van der Waals surface area (Å²) in [6, 6.07) is 0. The Morgan fingerprint density at radius 2 is 0.824 bits per heavy atom. The van der Waals surface area contributed by atoms with Gasteiger partial charge in [0.15, 0.2) is 0 Å². The monoisotopic (exact) mass is 724 g/mol. The molecule has 0 N–H and O–H groups in total. The Labute approximate surface area is 318 Å². The topological polar surface area (TPSA) is 65.1 Å². The molecule has 0 aromatic heterocycles. The van der Waals surface area contributed by atoms with Gasteiger partial charge in [-0.15, -0.1) is 0 Å². The van der Waals surface area contributed by atoms with Crippen molar-refractivity contribution in [2.24, 2.45) is 5.92 Å². The van der Waals surface area contributed by atoms with Crippen molar-refractivity contribution >= 4 is 11.9 Å². The molecule has 0 saturated carbocycles. The van der Waals surface area contributed by atoms with Gasteiger partial charge in [-0.1, -0.05) is 175 Å². The molecule has 0 aromatic rings. The summed E-state index contributed by atoms with van der Waals surface area (Å²) in [5, 5.41) is 0. The summed E-state index contributed by atoms with van der Waals surface area (Å²) in [4.78, 5) is 27.5. The Hall–Kier alpha value is -1.14. The van der Waals surface area contributed by atoms with Crippen LogP contribution in [0.4, 0.5) is 0 Å². The lowest BCUT2D eigenvalue weighted by Crippen LogP contribution is -2.29. The van der Waals surface area contributed by atoms with Crippen molar-refractivity contribution < 1.29 is 23.8 Å². The summed E-state index contributed by atoms with van der Waals surface area (Å²) in [6.07, 6.45) is 38.1. The van der Waals surface area contributed by atoms with Crippen molar-refractivity contribution in [3.8, 4) is 0 Å². The number of rotatable bonds is 42. The van der Waals surface area contributed by atoms with Gasteiger partial charge >= 0.3 is 11.9 Å². The number of unbranched alkanes of at least 4 members (excludes halogenated alkanes) is 24. The fourth-order valence-electron chi connectivity index (χ4n) is 6.99. The number of carbonyl (C=O) groups is 2. The van der Waals surface area contributed by atoms with Crippen molar-refractivity contribution in [1.82, 2.24) is 4.90 Å². The lowest BCUT2D eigenvalue weighted by Gasteiger charge is -2.22. The summed E-state index contributed by atoms with van der Waals surface area (Å²) in [5.74, 6) is 0.167. The summed E-state index contributed by atoms with van der Waals surface area (Å²) < 4.78 is 16.7. The van der Waals surface area contributed by atoms with Gasteiger partial charge in [-0.2, -0.15) is 0 Å². The first kappa shape index (κ1) is 49.9. The van der Waals surface area contributed by atoms with Crippen molar-refractivity contribution in [2.75, 3.05) is 46.6 Å². The third kappa shape index (κ3) is 37.0. The molecule has 0 aliphatic heterocycles. The summed E-state index contributed by atoms with van der Waals surface area (Å²) in [5.41, 5.74) is 0. The highest BCUT2D eigenvalue weighted by Gasteiger charge is 2.19. The Morgan fingerprint density at radius 3 is 1.29 bits per heavy atom. The first-order valence-electron chi connectivity index (χ1n) is 22.6. The number of esters is 2. The second-order valence-electron chi connectivity index (χ2n) is 15.4. The SMILES string of the molecule is CCCCCCCCCC(=O)OCCCCCCCN(CCCCCCCOC(=O)C(CCCCCCCC)CCCCCCCC)CCOC. The van der Waals surface area contributed by atoms with Crippen LogP contribution in [0.2, 0.25) is 0 Å². The van der Waals surface area contributed by atoms with E-state index in [4.69, 9.17) is 14.2 Å². The lowest BCUT2D eigenvalue weighted by atomic mass is 9.94. The maximum absolute atomic E-state index is 13.0. The van der Waals surface area contributed by atoms with E-state index in [0.717, 1.165) is 77.6 Å². The first-order valence-corrected chi connectivity index (χ1v) is 22.6. The van der Waals surface area contributed by atoms with Crippen LogP contribution in [0.15, 0.2) is 0 Å². The predicted molar refractivity (Wildman–Crippen MR) is 218 cm³/mol. The van der Waals surface area contributed by atoms with Crippen molar-refractivity contribution in [2.45, 2.75) is 226 Å². The molecule has 0 radical (unpaired) electrons. The molecule has 304 valence electrons. The molecule has 0 amide bonds. The molecule has 0 aromatic carbocycles. The molecule has 0 spiro atoms. The molecular weight excluding hydrogens is 634 g/mol. The van der Waals surface area contributed by atoms with E-state index >= 15 is 0 Å². The first-order chi connectivity index (χ1) is 25.1. The third-order valence-electron chi connectivity index (χ3n) is 10.5. The van der Waals surface area contributed by atoms with Crippen LogP contribution in [-0.2, 0) is 23.8 Å². The Bertz CT molecular complexity index is 701. The summed E-state index contributed by atoms with van der Waals surface area (Å²) >= 11 is 0. The minimum atomic E-state index is -0.0120. The zero-order chi connectivity index (χ0) is 37.3. The smallest absolute Gasteiger partial charge is 0.308 e. The highest BCUT2D eigenvalue weighted by Crippen LogP contribution is 2.21. The molecule has 0 fully saturated rings. The third-order valence-corrected chi connectivity index (χ3v) is 10.5. The van der Waals surface area contributed by atoms with Gasteiger partial charge < -0.3 is 19.1 Å². The van der Waals surface area contributed by atoms with E-state index in [9.17, 15) is 9.59 Å². The predicted octanol–water partition coefficient (Wildman–Crippen LogP) is 13.2. The standard InChI is InChI=1S/C45H89NO5/c1-5-8-11-14-17-22-29-36-44(47)50-40-32-25-18-23-30-37-46(39-42-49-4)38-31-24-19-26-33-41-51-45(48)43(34-27-20-15-12-9-6-2)35-28-21-16-13-10-7-3/h43H,5-42H2,1-4H3. The number of methoxy groups -OCH3 is 1. The molecule has 6 heteroatoms. The fraction of sp³-hybridized carbons (Fsp3) is 0.956. The average Bonchev–Trinajstić information content (AvgIpc) is 3.13. The van der Waals surface area contributed by atoms with E-state index < -0.39 is 0 Å². The molecule has 0 heterocycles. The van der Waals surface area contributed by atoms with E-state index in [1.54, 1.807) is 7.11 Å². The minimum absolute atomic E-state index is 0.0120. The average molecular weight is 724 g/mol. The number of carbonyl (C=O) groups excluding carboxylic acids is 2. The zero-order valence-electron chi connectivity index (χ0n) is 34.9. The van der Waals surface area contributed by atoms with E-state index in [0.29, 0.717) is 19.6 Å². The second kappa shape index (κ2) is 41.6. The van der Waals surface area contributed by atoms with Crippen molar-refractivity contribution in [3.05, 3.63) is 0 Å². The quantitative estimate of drug-likeness (QED) is 0.0461. The highest BCUT2D eigenvalue weighted by molar-refractivity contribution is 5.72. The number of hydrogen-bond acceptors (Lipinski definition) is 6. The van der Waals surface area contributed by atoms with E-state index in [2.05, 4.69) is 25.7 Å². The van der Waals surface area contributed by atoms with Crippen molar-refractivity contribution in [1.29, 1.82) is 0 Å². The van der Waals surface area contributed by atoms with E-state index in [1.807, 2.05) is 0 Å². The van der Waals surface area contributed by atoms with Crippen LogP contribution in [0.1, 0.15) is 226 Å². The molecule has 0 aliphatic rings. The molecule has 0 saturated heterocycles. The summed E-state index contributed by atoms with van der Waals surface area (Å²) in [6.45, 7) is 12.0. The molecule has 6 nitrogen and oxygen atoms in total. The van der Waals surface area contributed by atoms with Gasteiger partial charge in [0.25, 0.3) is 0 Å². The molecule has 0 bridgehead atoms. The van der Waals surface area contributed by atoms with Gasteiger partial charge in [-0.25, -0.2) is 0 Å². The molecule has 0 atom stereocenters. The molecule has 0 aliphatic carbocycles. The van der Waals surface area contributed by atoms with Gasteiger partial charge in [0.05, 0.1) is 25.7 Å². The van der Waals surface area contributed by atoms with Crippen LogP contribution in [0.5, 0.6) is 0 Å². The van der Waals surface area contributed by atoms with Crippen molar-refractivity contribution in [3.63, 3.8) is 0 Å². The van der Waals surface area contributed by atoms with Gasteiger partial charge in [0.1, 0.15) is 0 Å². The lowest BCUT2D eigenvalue weighted by molar-refractivity contribution is -0.149. The highest BCUT2D eigenvalue weighted by atomic mass is 16.5. The molecule has 51 heavy (non-hydrogen) atoms. The minimum Gasteiger partial charge on any atom is -0.466 e. The van der Waals surface area contributed by atoms with Crippen LogP contribution in [-0.4, -0.2) is 63.4 Å². The normalized spacial score (nSPS) is 11.6. The summed E-state index contributed by atoms with van der Waals surface area (Å²) in [7, 11) is 1.79. The Kier molecular flexibility index (Phi) is 40.7. The van der Waals surface area contributed by atoms with Crippen LogP contribution in [0, 0.1) is 5.92 Å². The van der Waals surface area contributed by atoms with Crippen LogP contribution in [0.3, 0.4) is 0 Å². The fourth-order valence-corrected chi connectivity index (χ4v) is 6.99. The molecular formula is C45H89NO5. The van der Waals surface area contributed by atoms with Gasteiger partial charge in [0, 0.05) is 20.1 Å². The number of hydrogen-bond donors (Lipinski definition) is 0. The van der Waals surface area contributed by atoms with Crippen LogP contribution >= 0.6 is 0 Å². The number of nitrogens with zero attached hydrogens (tertiary/aromatic N) is 1. The molecule has 0 rings (SSSR count). The van der Waals surface area contributed by atoms with Gasteiger partial charge in [0.2, 0.25) is 0 Å². The van der Waals surface area contributed by atoms with Crippen LogP contribution in [0.25, 0.3) is 0 Å². The largest absolute Gasteiger partial charge is 0.466 e. The maximum Gasteiger partial charge on any atom is 0.308 e. The van der Waals surface area contributed by atoms with Crippen LogP contribution < -0.4 is 0 Å². The van der Waals surface area contributed by atoms with E-state index in [-0.39, 0.29) is 17.9 Å².